The Morgan fingerprint density at radius 1 is 1.71 bits per heavy atom. The fourth-order valence-corrected chi connectivity index (χ4v) is 1.23. The van der Waals surface area contributed by atoms with E-state index in [1.165, 1.54) is 6.33 Å². The molecular weight excluding hydrogens is 188 g/mol. The molecule has 14 heavy (non-hydrogen) atoms. The van der Waals surface area contributed by atoms with Gasteiger partial charge in [-0.25, -0.2) is 4.98 Å². The predicted molar refractivity (Wildman–Crippen MR) is 44.5 cm³/mol. The molecule has 0 spiro atoms. The zero-order valence-electron chi connectivity index (χ0n) is 7.30. The van der Waals surface area contributed by atoms with Gasteiger partial charge in [0.25, 0.3) is 5.91 Å². The van der Waals surface area contributed by atoms with Crippen LogP contribution in [0.5, 0.6) is 0 Å². The standard InChI is InChI=1S/C7H10N4O3/c12-5-2-14-1-4(5)10-7(13)6-8-3-9-11-6/h3-5,12H,1-2H2,(H,10,13)(H,8,9,11). The summed E-state index contributed by atoms with van der Waals surface area (Å²) >= 11 is 0. The van der Waals surface area contributed by atoms with Gasteiger partial charge in [-0.1, -0.05) is 0 Å². The molecule has 7 heteroatoms. The fourth-order valence-electron chi connectivity index (χ4n) is 1.23. The predicted octanol–water partition coefficient (Wildman–Crippen LogP) is -1.71. The van der Waals surface area contributed by atoms with Crippen molar-refractivity contribution in [3.63, 3.8) is 0 Å². The second-order valence-electron chi connectivity index (χ2n) is 3.02. The second-order valence-corrected chi connectivity index (χ2v) is 3.02. The molecule has 2 atom stereocenters. The minimum atomic E-state index is -0.651. The largest absolute Gasteiger partial charge is 0.388 e. The summed E-state index contributed by atoms with van der Waals surface area (Å²) in [6, 6.07) is -0.368. The van der Waals surface area contributed by atoms with Crippen LogP contribution in [0.15, 0.2) is 6.33 Å². The summed E-state index contributed by atoms with van der Waals surface area (Å²) in [5.41, 5.74) is 0. The van der Waals surface area contributed by atoms with Gasteiger partial charge in [0.15, 0.2) is 0 Å². The molecular formula is C7H10N4O3. The number of aliphatic hydroxyl groups is 1. The van der Waals surface area contributed by atoms with Crippen molar-refractivity contribution >= 4 is 5.91 Å². The number of hydrogen-bond donors (Lipinski definition) is 3. The third-order valence-electron chi connectivity index (χ3n) is 2.00. The first-order valence-electron chi connectivity index (χ1n) is 4.19. The van der Waals surface area contributed by atoms with E-state index in [0.29, 0.717) is 6.61 Å². The molecule has 7 nitrogen and oxygen atoms in total. The van der Waals surface area contributed by atoms with Gasteiger partial charge in [0.05, 0.1) is 25.4 Å². The van der Waals surface area contributed by atoms with E-state index in [9.17, 15) is 9.90 Å². The summed E-state index contributed by atoms with van der Waals surface area (Å²) in [7, 11) is 0. The molecule has 2 unspecified atom stereocenters. The highest BCUT2D eigenvalue weighted by Crippen LogP contribution is 2.05. The van der Waals surface area contributed by atoms with Crippen LogP contribution >= 0.6 is 0 Å². The minimum Gasteiger partial charge on any atom is -0.388 e. The highest BCUT2D eigenvalue weighted by molar-refractivity contribution is 5.90. The van der Waals surface area contributed by atoms with E-state index in [4.69, 9.17) is 4.74 Å². The smallest absolute Gasteiger partial charge is 0.288 e. The highest BCUT2D eigenvalue weighted by Gasteiger charge is 2.28. The molecule has 0 aromatic carbocycles. The summed E-state index contributed by atoms with van der Waals surface area (Å²) in [6.45, 7) is 0.572. The van der Waals surface area contributed by atoms with E-state index in [-0.39, 0.29) is 18.5 Å². The Kier molecular flexibility index (Phi) is 2.42. The average Bonchev–Trinajstić information content (AvgIpc) is 2.77. The third-order valence-corrected chi connectivity index (χ3v) is 2.00. The van der Waals surface area contributed by atoms with Crippen molar-refractivity contribution in [2.45, 2.75) is 12.1 Å². The molecule has 76 valence electrons. The number of ether oxygens (including phenoxy) is 1. The normalized spacial score (nSPS) is 26.4. The Labute approximate surface area is 79.5 Å². The molecule has 1 aromatic rings. The van der Waals surface area contributed by atoms with Gasteiger partial charge in [0, 0.05) is 0 Å². The summed E-state index contributed by atoms with van der Waals surface area (Å²) in [5, 5.41) is 17.9. The number of hydrogen-bond acceptors (Lipinski definition) is 5. The van der Waals surface area contributed by atoms with Gasteiger partial charge in [-0.15, -0.1) is 0 Å². The molecule has 3 N–H and O–H groups in total. The highest BCUT2D eigenvalue weighted by atomic mass is 16.5. The van der Waals surface area contributed by atoms with Crippen LogP contribution in [0, 0.1) is 0 Å². The monoisotopic (exact) mass is 198 g/mol. The lowest BCUT2D eigenvalue weighted by Crippen LogP contribution is -2.42. The lowest BCUT2D eigenvalue weighted by Gasteiger charge is -2.12. The van der Waals surface area contributed by atoms with Gasteiger partial charge < -0.3 is 15.2 Å². The van der Waals surface area contributed by atoms with Gasteiger partial charge in [-0.2, -0.15) is 5.10 Å². The SMILES string of the molecule is O=C(NC1COCC1O)c1ncn[nH]1. The van der Waals surface area contributed by atoms with Crippen molar-refractivity contribution in [2.24, 2.45) is 0 Å². The van der Waals surface area contributed by atoms with Gasteiger partial charge >= 0.3 is 0 Å². The molecule has 2 heterocycles. The van der Waals surface area contributed by atoms with Crippen molar-refractivity contribution in [3.8, 4) is 0 Å². The molecule has 2 rings (SSSR count). The number of carbonyl (C=O) groups excluding carboxylic acids is 1. The van der Waals surface area contributed by atoms with Crippen LogP contribution < -0.4 is 5.32 Å². The topological polar surface area (TPSA) is 100 Å². The van der Waals surface area contributed by atoms with Crippen LogP contribution in [-0.2, 0) is 4.74 Å². The molecule has 1 amide bonds. The lowest BCUT2D eigenvalue weighted by atomic mass is 10.2. The number of rotatable bonds is 2. The molecule has 0 saturated carbocycles. The summed E-state index contributed by atoms with van der Waals surface area (Å²) in [5.74, 6) is -0.263. The van der Waals surface area contributed by atoms with E-state index >= 15 is 0 Å². The maximum absolute atomic E-state index is 11.4. The van der Waals surface area contributed by atoms with Crippen molar-refractivity contribution in [1.82, 2.24) is 20.5 Å². The Morgan fingerprint density at radius 2 is 2.57 bits per heavy atom. The number of nitrogens with zero attached hydrogens (tertiary/aromatic N) is 2. The number of nitrogens with one attached hydrogen (secondary N) is 2. The molecule has 1 fully saturated rings. The van der Waals surface area contributed by atoms with E-state index in [1.807, 2.05) is 0 Å². The summed E-state index contributed by atoms with van der Waals surface area (Å²) < 4.78 is 4.98. The van der Waals surface area contributed by atoms with Crippen LogP contribution in [0.1, 0.15) is 10.6 Å². The van der Waals surface area contributed by atoms with Crippen LogP contribution in [-0.4, -0.2) is 51.6 Å². The van der Waals surface area contributed by atoms with Crippen LogP contribution in [0.2, 0.25) is 0 Å². The maximum atomic E-state index is 11.4. The van der Waals surface area contributed by atoms with E-state index in [0.717, 1.165) is 0 Å². The Balaban J connectivity index is 1.95. The first-order chi connectivity index (χ1) is 6.77. The number of carbonyl (C=O) groups is 1. The maximum Gasteiger partial charge on any atom is 0.288 e. The zero-order valence-corrected chi connectivity index (χ0v) is 7.30. The number of aliphatic hydroxyl groups excluding tert-OH is 1. The second kappa shape index (κ2) is 3.72. The van der Waals surface area contributed by atoms with Crippen molar-refractivity contribution in [3.05, 3.63) is 12.2 Å². The van der Waals surface area contributed by atoms with E-state index in [1.54, 1.807) is 0 Å². The number of aromatic nitrogens is 3. The average molecular weight is 198 g/mol. The number of H-pyrrole nitrogens is 1. The van der Waals surface area contributed by atoms with E-state index < -0.39 is 12.0 Å². The van der Waals surface area contributed by atoms with Crippen LogP contribution in [0.4, 0.5) is 0 Å². The first kappa shape index (κ1) is 9.10. The quantitative estimate of drug-likeness (QED) is 0.525. The summed E-state index contributed by atoms with van der Waals surface area (Å²) in [6.07, 6.45) is 0.595. The lowest BCUT2D eigenvalue weighted by molar-refractivity contribution is 0.0876. The third kappa shape index (κ3) is 1.73. The fraction of sp³-hybridized carbons (Fsp3) is 0.571. The molecule has 0 radical (unpaired) electrons. The zero-order chi connectivity index (χ0) is 9.97. The molecule has 1 aromatic heterocycles. The minimum absolute atomic E-state index is 0.129. The van der Waals surface area contributed by atoms with Crippen molar-refractivity contribution < 1.29 is 14.6 Å². The number of aromatic amines is 1. The summed E-state index contributed by atoms with van der Waals surface area (Å²) in [4.78, 5) is 15.1. The molecule has 0 aliphatic carbocycles. The first-order valence-corrected chi connectivity index (χ1v) is 4.19. The molecule has 1 aliphatic rings. The molecule has 0 bridgehead atoms. The molecule has 1 saturated heterocycles. The van der Waals surface area contributed by atoms with Gasteiger partial charge in [-0.3, -0.25) is 9.89 Å². The van der Waals surface area contributed by atoms with Crippen molar-refractivity contribution in [2.75, 3.05) is 13.2 Å². The van der Waals surface area contributed by atoms with Crippen LogP contribution in [0.25, 0.3) is 0 Å². The van der Waals surface area contributed by atoms with Gasteiger partial charge in [-0.05, 0) is 0 Å². The Morgan fingerprint density at radius 3 is 3.14 bits per heavy atom. The van der Waals surface area contributed by atoms with Gasteiger partial charge in [0.1, 0.15) is 6.33 Å². The van der Waals surface area contributed by atoms with E-state index in [2.05, 4.69) is 20.5 Å². The van der Waals surface area contributed by atoms with Gasteiger partial charge in [0.2, 0.25) is 5.82 Å². The van der Waals surface area contributed by atoms with Crippen molar-refractivity contribution in [1.29, 1.82) is 0 Å². The van der Waals surface area contributed by atoms with Crippen LogP contribution in [0.3, 0.4) is 0 Å². The number of amides is 1. The Bertz CT molecular complexity index is 313. The Hall–Kier alpha value is -1.47. The molecule has 1 aliphatic heterocycles.